The first-order chi connectivity index (χ1) is 12.2. The Morgan fingerprint density at radius 3 is 1.96 bits per heavy atom. The number of hydrogen-bond acceptors (Lipinski definition) is 3. The van der Waals surface area contributed by atoms with Gasteiger partial charge in [0.2, 0.25) is 5.91 Å². The Kier molecular flexibility index (Phi) is 6.15. The highest BCUT2D eigenvalue weighted by atomic mass is 32.2. The Labute approximate surface area is 165 Å². The number of rotatable bonds is 4. The minimum Gasteiger partial charge on any atom is -0.341 e. The molecule has 1 aromatic rings. The van der Waals surface area contributed by atoms with E-state index in [0.29, 0.717) is 32.4 Å². The number of carbonyl (C=O) groups excluding carboxylic acids is 1. The molecule has 27 heavy (non-hydrogen) atoms. The predicted octanol–water partition coefficient (Wildman–Crippen LogP) is 3.86. The van der Waals surface area contributed by atoms with Crippen LogP contribution in [0.2, 0.25) is 0 Å². The average molecular weight is 394 g/mol. The monoisotopic (exact) mass is 393 g/mol. The van der Waals surface area contributed by atoms with Crippen molar-refractivity contribution >= 4 is 15.7 Å². The molecule has 1 aromatic carbocycles. The van der Waals surface area contributed by atoms with Crippen molar-refractivity contribution < 1.29 is 13.2 Å². The molecule has 1 aliphatic rings. The van der Waals surface area contributed by atoms with E-state index in [9.17, 15) is 13.2 Å². The molecule has 0 N–H and O–H groups in total. The van der Waals surface area contributed by atoms with E-state index in [-0.39, 0.29) is 16.7 Å². The van der Waals surface area contributed by atoms with E-state index < -0.39 is 15.1 Å². The molecule has 1 aliphatic heterocycles. The van der Waals surface area contributed by atoms with E-state index in [2.05, 4.69) is 59.7 Å². The lowest BCUT2D eigenvalue weighted by atomic mass is 9.79. The highest BCUT2D eigenvalue weighted by molar-refractivity contribution is 7.91. The fourth-order valence-corrected chi connectivity index (χ4v) is 4.40. The molecule has 1 amide bonds. The van der Waals surface area contributed by atoms with E-state index in [1.54, 1.807) is 4.90 Å². The van der Waals surface area contributed by atoms with Crippen LogP contribution < -0.4 is 0 Å². The molecule has 0 bridgehead atoms. The lowest BCUT2D eigenvalue weighted by molar-refractivity contribution is -0.130. The summed E-state index contributed by atoms with van der Waals surface area (Å²) in [5.74, 6) is 0.0552. The smallest absolute Gasteiger partial charge is 0.222 e. The van der Waals surface area contributed by atoms with Crippen molar-refractivity contribution in [2.75, 3.05) is 19.3 Å². The van der Waals surface area contributed by atoms with Gasteiger partial charge in [-0.2, -0.15) is 0 Å². The normalized spacial score (nSPS) is 18.8. The van der Waals surface area contributed by atoms with Gasteiger partial charge in [-0.25, -0.2) is 8.42 Å². The Balaban J connectivity index is 2.12. The molecule has 0 spiro atoms. The van der Waals surface area contributed by atoms with Crippen molar-refractivity contribution in [1.82, 2.24) is 4.90 Å². The molecular formula is C22H35NO3S. The molecule has 1 unspecified atom stereocenters. The third-order valence-corrected chi connectivity index (χ3v) is 7.05. The second-order valence-electron chi connectivity index (χ2n) is 10.00. The quantitative estimate of drug-likeness (QED) is 0.780. The standard InChI is InChI=1S/C22H35NO3S/c1-21(2,3)17-12-16(13-18(14-17)22(4,5)6)8-9-20(24)23-11-10-19(15-23)27(7,25)26/h12-14,19H,8-11,15H2,1-7H3. The zero-order valence-electron chi connectivity index (χ0n) is 17.9. The Hall–Kier alpha value is -1.36. The maximum atomic E-state index is 12.6. The van der Waals surface area contributed by atoms with Gasteiger partial charge in [-0.15, -0.1) is 0 Å². The van der Waals surface area contributed by atoms with Gasteiger partial charge in [0.1, 0.15) is 0 Å². The van der Waals surface area contributed by atoms with Gasteiger partial charge >= 0.3 is 0 Å². The van der Waals surface area contributed by atoms with Gasteiger partial charge in [-0.1, -0.05) is 59.7 Å². The van der Waals surface area contributed by atoms with Crippen LogP contribution in [0.25, 0.3) is 0 Å². The molecule has 2 rings (SSSR count). The number of sulfone groups is 1. The summed E-state index contributed by atoms with van der Waals surface area (Å²) >= 11 is 0. The van der Waals surface area contributed by atoms with Crippen molar-refractivity contribution in [1.29, 1.82) is 0 Å². The summed E-state index contributed by atoms with van der Waals surface area (Å²) in [6.45, 7) is 14.1. The van der Waals surface area contributed by atoms with E-state index in [1.165, 1.54) is 22.9 Å². The van der Waals surface area contributed by atoms with Crippen molar-refractivity contribution in [2.45, 2.75) is 76.9 Å². The van der Waals surface area contributed by atoms with Crippen LogP contribution in [0.3, 0.4) is 0 Å². The maximum Gasteiger partial charge on any atom is 0.222 e. The predicted molar refractivity (Wildman–Crippen MR) is 112 cm³/mol. The summed E-state index contributed by atoms with van der Waals surface area (Å²) in [4.78, 5) is 14.3. The minimum absolute atomic E-state index is 0.0533. The molecule has 1 saturated heterocycles. The highest BCUT2D eigenvalue weighted by Crippen LogP contribution is 2.31. The van der Waals surface area contributed by atoms with Gasteiger partial charge in [-0.05, 0) is 40.4 Å². The van der Waals surface area contributed by atoms with Gasteiger partial charge in [0.05, 0.1) is 5.25 Å². The lowest BCUT2D eigenvalue weighted by Gasteiger charge is -2.26. The first kappa shape index (κ1) is 21.9. The summed E-state index contributed by atoms with van der Waals surface area (Å²) < 4.78 is 23.4. The Morgan fingerprint density at radius 1 is 1.04 bits per heavy atom. The lowest BCUT2D eigenvalue weighted by Crippen LogP contribution is -2.31. The number of benzene rings is 1. The first-order valence-electron chi connectivity index (χ1n) is 9.79. The molecule has 0 saturated carbocycles. The molecule has 0 radical (unpaired) electrons. The largest absolute Gasteiger partial charge is 0.341 e. The van der Waals surface area contributed by atoms with Crippen molar-refractivity contribution in [3.8, 4) is 0 Å². The van der Waals surface area contributed by atoms with Gasteiger partial charge in [0.25, 0.3) is 0 Å². The van der Waals surface area contributed by atoms with Gasteiger partial charge < -0.3 is 4.90 Å². The SMILES string of the molecule is CC(C)(C)c1cc(CCC(=O)N2CCC(S(C)(=O)=O)C2)cc(C(C)(C)C)c1. The van der Waals surface area contributed by atoms with Crippen LogP contribution in [0.1, 0.15) is 71.1 Å². The molecule has 152 valence electrons. The Bertz CT molecular complexity index is 766. The Morgan fingerprint density at radius 2 is 1.56 bits per heavy atom. The maximum absolute atomic E-state index is 12.6. The number of nitrogens with zero attached hydrogens (tertiary/aromatic N) is 1. The summed E-state index contributed by atoms with van der Waals surface area (Å²) in [6.07, 6.45) is 2.93. The molecule has 4 nitrogen and oxygen atoms in total. The number of likely N-dealkylation sites (tertiary alicyclic amines) is 1. The minimum atomic E-state index is -3.07. The summed E-state index contributed by atoms with van der Waals surface area (Å²) in [6, 6.07) is 6.71. The van der Waals surface area contributed by atoms with Crippen LogP contribution in [-0.4, -0.2) is 43.8 Å². The van der Waals surface area contributed by atoms with Crippen LogP contribution >= 0.6 is 0 Å². The summed E-state index contributed by atoms with van der Waals surface area (Å²) in [5, 5.41) is -0.404. The molecule has 1 heterocycles. The molecule has 0 aliphatic carbocycles. The van der Waals surface area contributed by atoms with Gasteiger partial charge in [0, 0.05) is 25.8 Å². The van der Waals surface area contributed by atoms with Crippen LogP contribution in [0.4, 0.5) is 0 Å². The zero-order chi connectivity index (χ0) is 20.6. The van der Waals surface area contributed by atoms with Crippen LogP contribution in [0.15, 0.2) is 18.2 Å². The third kappa shape index (κ3) is 5.81. The van der Waals surface area contributed by atoms with E-state index in [0.717, 1.165) is 0 Å². The number of aryl methyl sites for hydroxylation is 1. The third-order valence-electron chi connectivity index (χ3n) is 5.46. The fourth-order valence-electron chi connectivity index (χ4n) is 3.42. The molecule has 1 atom stereocenters. The average Bonchev–Trinajstić information content (AvgIpc) is 3.01. The number of carbonyl (C=O) groups is 1. The van der Waals surface area contributed by atoms with Crippen LogP contribution in [0, 0.1) is 0 Å². The number of hydrogen-bond donors (Lipinski definition) is 0. The van der Waals surface area contributed by atoms with Crippen molar-refractivity contribution in [3.63, 3.8) is 0 Å². The van der Waals surface area contributed by atoms with Crippen LogP contribution in [0.5, 0.6) is 0 Å². The van der Waals surface area contributed by atoms with E-state index in [1.807, 2.05) is 0 Å². The summed E-state index contributed by atoms with van der Waals surface area (Å²) in [7, 11) is -3.07. The second-order valence-corrected chi connectivity index (χ2v) is 12.3. The van der Waals surface area contributed by atoms with E-state index in [4.69, 9.17) is 0 Å². The fraction of sp³-hybridized carbons (Fsp3) is 0.682. The second kappa shape index (κ2) is 7.57. The molecule has 1 fully saturated rings. The molecular weight excluding hydrogens is 358 g/mol. The first-order valence-corrected chi connectivity index (χ1v) is 11.7. The molecule has 5 heteroatoms. The highest BCUT2D eigenvalue weighted by Gasteiger charge is 2.32. The van der Waals surface area contributed by atoms with Crippen molar-refractivity contribution in [2.24, 2.45) is 0 Å². The number of amides is 1. The zero-order valence-corrected chi connectivity index (χ0v) is 18.7. The van der Waals surface area contributed by atoms with Crippen LogP contribution in [-0.2, 0) is 31.9 Å². The summed E-state index contributed by atoms with van der Waals surface area (Å²) in [5.41, 5.74) is 3.86. The molecule has 0 aromatic heterocycles. The van der Waals surface area contributed by atoms with Gasteiger partial charge in [0.15, 0.2) is 9.84 Å². The topological polar surface area (TPSA) is 54.5 Å². The van der Waals surface area contributed by atoms with Crippen molar-refractivity contribution in [3.05, 3.63) is 34.9 Å². The van der Waals surface area contributed by atoms with Gasteiger partial charge in [-0.3, -0.25) is 4.79 Å². The van der Waals surface area contributed by atoms with E-state index >= 15 is 0 Å².